The Morgan fingerprint density at radius 2 is 1.48 bits per heavy atom. The third-order valence-electron chi connectivity index (χ3n) is 4.72. The van der Waals surface area contributed by atoms with Crippen molar-refractivity contribution in [1.82, 2.24) is 0 Å². The molecule has 29 heavy (non-hydrogen) atoms. The Labute approximate surface area is 171 Å². The molecular weight excluding hydrogens is 372 g/mol. The molecule has 2 N–H and O–H groups in total. The second-order valence-electron chi connectivity index (χ2n) is 6.90. The lowest BCUT2D eigenvalue weighted by Gasteiger charge is -2.42. The molecule has 2 aromatic rings. The van der Waals surface area contributed by atoms with E-state index in [2.05, 4.69) is 6.58 Å². The van der Waals surface area contributed by atoms with Crippen LogP contribution in [-0.4, -0.2) is 54.1 Å². The number of aliphatic hydroxyl groups excluding tert-OH is 2. The van der Waals surface area contributed by atoms with Crippen LogP contribution in [-0.2, 0) is 32.2 Å². The molecule has 5 atom stereocenters. The van der Waals surface area contributed by atoms with E-state index in [0.29, 0.717) is 6.61 Å². The predicted molar refractivity (Wildman–Crippen MR) is 108 cm³/mol. The standard InChI is InChI=1S/C23H28O6/c1-2-13-27-22-21(28-15-18-11-7-4-8-12-18)20(24)19(29-23(22)25)16-26-14-17-9-5-3-6-10-17/h2-12,19-25H,1,13-16H2/t19-,20+,21+,22-,23-/m1/s1. The van der Waals surface area contributed by atoms with Crippen molar-refractivity contribution in [3.8, 4) is 0 Å². The van der Waals surface area contributed by atoms with Gasteiger partial charge in [-0.3, -0.25) is 0 Å². The Bertz CT molecular complexity index is 723. The van der Waals surface area contributed by atoms with Gasteiger partial charge in [0.2, 0.25) is 0 Å². The SMILES string of the molecule is C=CCO[C@@H]1[C@@H](OCc2ccccc2)[C@@H](O)[C@@H](COCc2ccccc2)O[C@H]1O. The van der Waals surface area contributed by atoms with Gasteiger partial charge in [-0.15, -0.1) is 6.58 Å². The third kappa shape index (κ3) is 6.21. The van der Waals surface area contributed by atoms with Crippen LogP contribution in [0.5, 0.6) is 0 Å². The summed E-state index contributed by atoms with van der Waals surface area (Å²) < 4.78 is 22.8. The van der Waals surface area contributed by atoms with Crippen molar-refractivity contribution in [2.75, 3.05) is 13.2 Å². The van der Waals surface area contributed by atoms with Gasteiger partial charge in [-0.05, 0) is 11.1 Å². The van der Waals surface area contributed by atoms with Crippen LogP contribution in [0.4, 0.5) is 0 Å². The summed E-state index contributed by atoms with van der Waals surface area (Å²) in [6.45, 7) is 4.61. The quantitative estimate of drug-likeness (QED) is 0.597. The Morgan fingerprint density at radius 1 is 0.862 bits per heavy atom. The van der Waals surface area contributed by atoms with Crippen LogP contribution in [0.3, 0.4) is 0 Å². The number of hydrogen-bond donors (Lipinski definition) is 2. The van der Waals surface area contributed by atoms with Gasteiger partial charge in [-0.25, -0.2) is 0 Å². The average molecular weight is 400 g/mol. The molecule has 6 nitrogen and oxygen atoms in total. The number of rotatable bonds is 10. The number of benzene rings is 2. The van der Waals surface area contributed by atoms with Crippen molar-refractivity contribution in [1.29, 1.82) is 0 Å². The lowest BCUT2D eigenvalue weighted by Crippen LogP contribution is -2.60. The summed E-state index contributed by atoms with van der Waals surface area (Å²) >= 11 is 0. The van der Waals surface area contributed by atoms with Gasteiger partial charge < -0.3 is 29.2 Å². The lowest BCUT2D eigenvalue weighted by atomic mass is 9.98. The summed E-state index contributed by atoms with van der Waals surface area (Å²) in [7, 11) is 0. The summed E-state index contributed by atoms with van der Waals surface area (Å²) in [5, 5.41) is 21.3. The Balaban J connectivity index is 1.62. The molecule has 2 aromatic carbocycles. The van der Waals surface area contributed by atoms with Crippen LogP contribution >= 0.6 is 0 Å². The van der Waals surface area contributed by atoms with Crippen LogP contribution < -0.4 is 0 Å². The lowest BCUT2D eigenvalue weighted by molar-refractivity contribution is -0.305. The van der Waals surface area contributed by atoms with E-state index in [9.17, 15) is 10.2 Å². The number of aliphatic hydroxyl groups is 2. The molecule has 0 aliphatic carbocycles. The second-order valence-corrected chi connectivity index (χ2v) is 6.90. The highest BCUT2D eigenvalue weighted by Crippen LogP contribution is 2.26. The minimum Gasteiger partial charge on any atom is -0.387 e. The molecule has 1 saturated heterocycles. The van der Waals surface area contributed by atoms with E-state index in [1.165, 1.54) is 0 Å². The first kappa shape index (κ1) is 21.6. The van der Waals surface area contributed by atoms with E-state index >= 15 is 0 Å². The second kappa shape index (κ2) is 11.2. The highest BCUT2D eigenvalue weighted by atomic mass is 16.7. The van der Waals surface area contributed by atoms with Gasteiger partial charge in [0.25, 0.3) is 0 Å². The van der Waals surface area contributed by atoms with Crippen molar-refractivity contribution in [3.63, 3.8) is 0 Å². The molecule has 0 amide bonds. The Morgan fingerprint density at radius 3 is 2.10 bits per heavy atom. The van der Waals surface area contributed by atoms with E-state index in [-0.39, 0.29) is 19.8 Å². The molecule has 0 spiro atoms. The molecule has 156 valence electrons. The normalized spacial score (nSPS) is 26.9. The number of ether oxygens (including phenoxy) is 4. The van der Waals surface area contributed by atoms with Gasteiger partial charge in [0.15, 0.2) is 6.29 Å². The number of hydrogen-bond acceptors (Lipinski definition) is 6. The van der Waals surface area contributed by atoms with Crippen LogP contribution in [0.25, 0.3) is 0 Å². The molecular formula is C23H28O6. The summed E-state index contributed by atoms with van der Waals surface area (Å²) in [5.41, 5.74) is 1.97. The molecule has 0 aromatic heterocycles. The van der Waals surface area contributed by atoms with Gasteiger partial charge in [0.05, 0.1) is 26.4 Å². The van der Waals surface area contributed by atoms with Gasteiger partial charge in [0, 0.05) is 0 Å². The zero-order valence-corrected chi connectivity index (χ0v) is 16.3. The van der Waals surface area contributed by atoms with E-state index in [1.54, 1.807) is 6.08 Å². The van der Waals surface area contributed by atoms with Crippen LogP contribution in [0.2, 0.25) is 0 Å². The zero-order valence-electron chi connectivity index (χ0n) is 16.3. The minimum atomic E-state index is -1.25. The highest BCUT2D eigenvalue weighted by Gasteiger charge is 2.46. The Hall–Kier alpha value is -2.06. The maximum atomic E-state index is 10.8. The van der Waals surface area contributed by atoms with E-state index in [1.807, 2.05) is 60.7 Å². The van der Waals surface area contributed by atoms with Crippen molar-refractivity contribution >= 4 is 0 Å². The van der Waals surface area contributed by atoms with Gasteiger partial charge in [-0.1, -0.05) is 66.7 Å². The first-order valence-corrected chi connectivity index (χ1v) is 9.70. The van der Waals surface area contributed by atoms with Crippen molar-refractivity contribution in [2.24, 2.45) is 0 Å². The summed E-state index contributed by atoms with van der Waals surface area (Å²) in [6.07, 6.45) is -3.04. The first-order chi connectivity index (χ1) is 14.2. The highest BCUT2D eigenvalue weighted by molar-refractivity contribution is 5.14. The maximum absolute atomic E-state index is 10.8. The molecule has 1 fully saturated rings. The van der Waals surface area contributed by atoms with E-state index < -0.39 is 30.7 Å². The van der Waals surface area contributed by atoms with Crippen LogP contribution in [0, 0.1) is 0 Å². The smallest absolute Gasteiger partial charge is 0.184 e. The molecule has 0 unspecified atom stereocenters. The molecule has 0 radical (unpaired) electrons. The largest absolute Gasteiger partial charge is 0.387 e. The van der Waals surface area contributed by atoms with Crippen LogP contribution in [0.15, 0.2) is 73.3 Å². The zero-order chi connectivity index (χ0) is 20.5. The molecule has 1 aliphatic rings. The topological polar surface area (TPSA) is 77.4 Å². The fourth-order valence-electron chi connectivity index (χ4n) is 3.23. The summed E-state index contributed by atoms with van der Waals surface area (Å²) in [4.78, 5) is 0. The van der Waals surface area contributed by atoms with Crippen LogP contribution in [0.1, 0.15) is 11.1 Å². The minimum absolute atomic E-state index is 0.118. The van der Waals surface area contributed by atoms with Gasteiger partial charge in [0.1, 0.15) is 24.4 Å². The maximum Gasteiger partial charge on any atom is 0.184 e. The first-order valence-electron chi connectivity index (χ1n) is 9.70. The van der Waals surface area contributed by atoms with Crippen molar-refractivity contribution < 1.29 is 29.2 Å². The fourth-order valence-corrected chi connectivity index (χ4v) is 3.23. The summed E-state index contributed by atoms with van der Waals surface area (Å²) in [5.74, 6) is 0. The fraction of sp³-hybridized carbons (Fsp3) is 0.391. The van der Waals surface area contributed by atoms with Crippen molar-refractivity contribution in [2.45, 2.75) is 43.9 Å². The predicted octanol–water partition coefficient (Wildman–Crippen LogP) is 2.44. The molecule has 3 rings (SSSR count). The average Bonchev–Trinajstić information content (AvgIpc) is 2.75. The van der Waals surface area contributed by atoms with E-state index in [4.69, 9.17) is 18.9 Å². The van der Waals surface area contributed by atoms with E-state index in [0.717, 1.165) is 11.1 Å². The molecule has 0 saturated carbocycles. The summed E-state index contributed by atoms with van der Waals surface area (Å²) in [6, 6.07) is 19.3. The van der Waals surface area contributed by atoms with Crippen molar-refractivity contribution in [3.05, 3.63) is 84.4 Å². The van der Waals surface area contributed by atoms with Gasteiger partial charge in [-0.2, -0.15) is 0 Å². The molecule has 6 heteroatoms. The molecule has 1 heterocycles. The third-order valence-corrected chi connectivity index (χ3v) is 4.72. The molecule has 1 aliphatic heterocycles. The monoisotopic (exact) mass is 400 g/mol. The molecule has 0 bridgehead atoms. The Kier molecular flexibility index (Phi) is 8.37. The van der Waals surface area contributed by atoms with Gasteiger partial charge >= 0.3 is 0 Å².